The lowest BCUT2D eigenvalue weighted by atomic mass is 9.92. The average molecular weight is 343 g/mol. The quantitative estimate of drug-likeness (QED) is 0.808. The Morgan fingerprint density at radius 2 is 1.68 bits per heavy atom. The van der Waals surface area contributed by atoms with Crippen molar-refractivity contribution in [2.45, 2.75) is 53.0 Å². The van der Waals surface area contributed by atoms with Crippen LogP contribution in [0.1, 0.15) is 62.2 Å². The number of hydrogen-bond acceptors (Lipinski definition) is 2. The predicted octanol–water partition coefficient (Wildman–Crippen LogP) is 3.49. The molecule has 0 bridgehead atoms. The van der Waals surface area contributed by atoms with Crippen molar-refractivity contribution in [2.75, 3.05) is 18.9 Å². The van der Waals surface area contributed by atoms with Gasteiger partial charge < -0.3 is 14.6 Å². The summed E-state index contributed by atoms with van der Waals surface area (Å²) in [5.41, 5.74) is 3.37. The lowest BCUT2D eigenvalue weighted by molar-refractivity contribution is -0.886. The first-order valence-corrected chi connectivity index (χ1v) is 9.07. The van der Waals surface area contributed by atoms with Crippen LogP contribution in [0.15, 0.2) is 34.7 Å². The molecule has 0 spiro atoms. The molecule has 4 heteroatoms. The van der Waals surface area contributed by atoms with E-state index in [9.17, 15) is 4.79 Å². The summed E-state index contributed by atoms with van der Waals surface area (Å²) in [6.07, 6.45) is 0. The maximum absolute atomic E-state index is 12.6. The Bertz CT molecular complexity index is 690. The van der Waals surface area contributed by atoms with Crippen molar-refractivity contribution in [3.05, 3.63) is 53.0 Å². The summed E-state index contributed by atoms with van der Waals surface area (Å²) in [6.45, 7) is 11.7. The molecule has 0 aliphatic heterocycles. The van der Waals surface area contributed by atoms with E-state index in [1.165, 1.54) is 11.1 Å². The standard InChI is InChI=1S/C21H30N2O2/c1-14(2)18-8-7-9-19(15(3)4)21(18)22-20(24)13-23(6)12-17-11-10-16(5)25-17/h7-11,14-15H,12-13H2,1-6H3,(H,22,24)/p+1. The number of furan rings is 1. The zero-order valence-corrected chi connectivity index (χ0v) is 16.3. The number of nitrogens with one attached hydrogen (secondary N) is 2. The first-order chi connectivity index (χ1) is 11.8. The molecule has 2 rings (SSSR count). The highest BCUT2D eigenvalue weighted by Gasteiger charge is 2.18. The van der Waals surface area contributed by atoms with E-state index < -0.39 is 0 Å². The number of amides is 1. The zero-order chi connectivity index (χ0) is 18.6. The van der Waals surface area contributed by atoms with Gasteiger partial charge >= 0.3 is 0 Å². The summed E-state index contributed by atoms with van der Waals surface area (Å²) in [7, 11) is 2.01. The van der Waals surface area contributed by atoms with Gasteiger partial charge in [0.15, 0.2) is 12.3 Å². The molecule has 0 aliphatic rings. The van der Waals surface area contributed by atoms with Gasteiger partial charge in [-0.25, -0.2) is 0 Å². The maximum Gasteiger partial charge on any atom is 0.279 e. The van der Waals surface area contributed by atoms with Crippen molar-refractivity contribution < 1.29 is 14.1 Å². The van der Waals surface area contributed by atoms with E-state index in [4.69, 9.17) is 4.42 Å². The number of carbonyl (C=O) groups is 1. The summed E-state index contributed by atoms with van der Waals surface area (Å²) >= 11 is 0. The topological polar surface area (TPSA) is 46.7 Å². The van der Waals surface area contributed by atoms with E-state index in [1.807, 2.05) is 26.1 Å². The van der Waals surface area contributed by atoms with Crippen LogP contribution in [0.5, 0.6) is 0 Å². The van der Waals surface area contributed by atoms with Gasteiger partial charge in [0.25, 0.3) is 5.91 Å². The van der Waals surface area contributed by atoms with Gasteiger partial charge in [0.2, 0.25) is 0 Å². The number of hydrogen-bond donors (Lipinski definition) is 2. The molecule has 1 amide bonds. The van der Waals surface area contributed by atoms with Crippen molar-refractivity contribution in [3.63, 3.8) is 0 Å². The first-order valence-electron chi connectivity index (χ1n) is 9.07. The third kappa shape index (κ3) is 5.20. The van der Waals surface area contributed by atoms with Crippen LogP contribution >= 0.6 is 0 Å². The van der Waals surface area contributed by atoms with Crippen LogP contribution in [0, 0.1) is 6.92 Å². The molecule has 1 heterocycles. The lowest BCUT2D eigenvalue weighted by Crippen LogP contribution is -3.08. The van der Waals surface area contributed by atoms with Gasteiger partial charge in [0, 0.05) is 5.69 Å². The molecule has 0 radical (unpaired) electrons. The van der Waals surface area contributed by atoms with Gasteiger partial charge in [-0.1, -0.05) is 45.9 Å². The Hall–Kier alpha value is -2.07. The SMILES string of the molecule is Cc1ccc(C[NH+](C)CC(=O)Nc2c(C(C)C)cccc2C(C)C)o1. The third-order valence-electron chi connectivity index (χ3n) is 4.37. The Balaban J connectivity index is 2.09. The maximum atomic E-state index is 12.6. The van der Waals surface area contributed by atoms with E-state index in [-0.39, 0.29) is 5.91 Å². The second-order valence-electron chi connectivity index (χ2n) is 7.49. The molecule has 1 atom stereocenters. The molecule has 0 aliphatic carbocycles. The second-order valence-corrected chi connectivity index (χ2v) is 7.49. The van der Waals surface area contributed by atoms with Crippen LogP contribution in [-0.4, -0.2) is 19.5 Å². The molecular weight excluding hydrogens is 312 g/mol. The third-order valence-corrected chi connectivity index (χ3v) is 4.37. The molecule has 2 N–H and O–H groups in total. The number of likely N-dealkylation sites (N-methyl/N-ethyl adjacent to an activating group) is 1. The van der Waals surface area contributed by atoms with Gasteiger partial charge in [0.05, 0.1) is 7.05 Å². The van der Waals surface area contributed by atoms with E-state index >= 15 is 0 Å². The highest BCUT2D eigenvalue weighted by Crippen LogP contribution is 2.32. The lowest BCUT2D eigenvalue weighted by Gasteiger charge is -2.21. The zero-order valence-electron chi connectivity index (χ0n) is 16.3. The summed E-state index contributed by atoms with van der Waals surface area (Å²) in [6, 6.07) is 10.2. The number of quaternary nitrogens is 1. The molecule has 0 fully saturated rings. The molecule has 0 saturated heterocycles. The van der Waals surface area contributed by atoms with Crippen molar-refractivity contribution in [3.8, 4) is 0 Å². The Morgan fingerprint density at radius 3 is 2.16 bits per heavy atom. The average Bonchev–Trinajstić information content (AvgIpc) is 2.91. The van der Waals surface area contributed by atoms with Gasteiger partial charge in [-0.05, 0) is 42.0 Å². The van der Waals surface area contributed by atoms with Crippen LogP contribution in [0.3, 0.4) is 0 Å². The minimum absolute atomic E-state index is 0.0378. The van der Waals surface area contributed by atoms with Crippen LogP contribution in [0.4, 0.5) is 5.69 Å². The molecule has 136 valence electrons. The highest BCUT2D eigenvalue weighted by atomic mass is 16.3. The number of anilines is 1. The van der Waals surface area contributed by atoms with Crippen LogP contribution in [0.2, 0.25) is 0 Å². The van der Waals surface area contributed by atoms with Gasteiger partial charge in [-0.2, -0.15) is 0 Å². The monoisotopic (exact) mass is 343 g/mol. The number of aryl methyl sites for hydroxylation is 1. The van der Waals surface area contributed by atoms with E-state index in [0.29, 0.717) is 24.9 Å². The van der Waals surface area contributed by atoms with Crippen molar-refractivity contribution in [1.29, 1.82) is 0 Å². The minimum Gasteiger partial charge on any atom is -0.460 e. The van der Waals surface area contributed by atoms with Gasteiger partial charge in [-0.15, -0.1) is 0 Å². The van der Waals surface area contributed by atoms with Crippen LogP contribution < -0.4 is 10.2 Å². The largest absolute Gasteiger partial charge is 0.460 e. The summed E-state index contributed by atoms with van der Waals surface area (Å²) < 4.78 is 5.60. The molecule has 1 aromatic heterocycles. The number of carbonyl (C=O) groups excluding carboxylic acids is 1. The molecule has 4 nitrogen and oxygen atoms in total. The predicted molar refractivity (Wildman–Crippen MR) is 102 cm³/mol. The summed E-state index contributed by atoms with van der Waals surface area (Å²) in [4.78, 5) is 13.7. The number of rotatable bonds is 7. The molecule has 1 unspecified atom stereocenters. The smallest absolute Gasteiger partial charge is 0.279 e. The number of para-hydroxylation sites is 1. The van der Waals surface area contributed by atoms with E-state index in [1.54, 1.807) is 0 Å². The summed E-state index contributed by atoms with van der Waals surface area (Å²) in [5.74, 6) is 2.58. The van der Waals surface area contributed by atoms with Crippen molar-refractivity contribution >= 4 is 11.6 Å². The molecular formula is C21H31N2O2+. The first kappa shape index (κ1) is 19.3. The van der Waals surface area contributed by atoms with Crippen LogP contribution in [0.25, 0.3) is 0 Å². The van der Waals surface area contributed by atoms with Crippen molar-refractivity contribution in [2.24, 2.45) is 0 Å². The van der Waals surface area contributed by atoms with Gasteiger partial charge in [-0.3, -0.25) is 4.79 Å². The molecule has 2 aromatic rings. The minimum atomic E-state index is 0.0378. The highest BCUT2D eigenvalue weighted by molar-refractivity contribution is 5.93. The Kier molecular flexibility index (Phi) is 6.43. The summed E-state index contributed by atoms with van der Waals surface area (Å²) in [5, 5.41) is 3.17. The van der Waals surface area contributed by atoms with E-state index in [2.05, 4.69) is 51.2 Å². The fraction of sp³-hybridized carbons (Fsp3) is 0.476. The van der Waals surface area contributed by atoms with Gasteiger partial charge in [0.1, 0.15) is 12.3 Å². The van der Waals surface area contributed by atoms with E-state index in [0.717, 1.165) is 22.1 Å². The number of benzene rings is 1. The second kappa shape index (κ2) is 8.34. The Labute approximate surface area is 151 Å². The molecule has 25 heavy (non-hydrogen) atoms. The van der Waals surface area contributed by atoms with Crippen molar-refractivity contribution in [1.82, 2.24) is 0 Å². The van der Waals surface area contributed by atoms with Crippen LogP contribution in [-0.2, 0) is 11.3 Å². The molecule has 1 aromatic carbocycles. The Morgan fingerprint density at radius 1 is 1.08 bits per heavy atom. The normalized spacial score (nSPS) is 12.6. The fourth-order valence-corrected chi connectivity index (χ4v) is 3.09. The fourth-order valence-electron chi connectivity index (χ4n) is 3.09. The molecule has 0 saturated carbocycles.